The summed E-state index contributed by atoms with van der Waals surface area (Å²) in [7, 11) is 0. The molecule has 29 heteroatoms. The molecule has 0 aliphatic rings. The fraction of sp³-hybridized carbons (Fsp3) is 1.00. The van der Waals surface area contributed by atoms with E-state index in [0.717, 1.165) is 0 Å². The van der Waals surface area contributed by atoms with Crippen molar-refractivity contribution in [3.05, 3.63) is 0 Å². The van der Waals surface area contributed by atoms with Gasteiger partial charge in [0.1, 0.15) is 0 Å². The molecule has 0 nitrogen and oxygen atoms in total. The first kappa shape index (κ1) is 45.1. The maximum atomic E-state index is 13.6. The molecule has 0 amide bonds. The van der Waals surface area contributed by atoms with E-state index in [2.05, 4.69) is 0 Å². The number of halogens is 29. The second kappa shape index (κ2) is 11.3. The van der Waals surface area contributed by atoms with E-state index in [1.807, 2.05) is 0 Å². The molecular formula is C16H7F29. The van der Waals surface area contributed by atoms with E-state index in [9.17, 15) is 127 Å². The highest BCUT2D eigenvalue weighted by atomic mass is 19.4. The highest BCUT2D eigenvalue weighted by Gasteiger charge is 2.97. The van der Waals surface area contributed by atoms with Crippen LogP contribution in [0.2, 0.25) is 0 Å². The van der Waals surface area contributed by atoms with Crippen molar-refractivity contribution in [2.45, 2.75) is 97.5 Å². The van der Waals surface area contributed by atoms with Crippen LogP contribution >= 0.6 is 0 Å². The van der Waals surface area contributed by atoms with Crippen LogP contribution in [-0.4, -0.2) is 90.1 Å². The fourth-order valence-corrected chi connectivity index (χ4v) is 2.45. The predicted molar refractivity (Wildman–Crippen MR) is 83.0 cm³/mol. The Balaban J connectivity index is 0. The smallest absolute Gasteiger partial charge is 0.234 e. The second-order valence-electron chi connectivity index (χ2n) is 8.05. The van der Waals surface area contributed by atoms with E-state index in [1.165, 1.54) is 0 Å². The zero-order valence-corrected chi connectivity index (χ0v) is 18.7. The Morgan fingerprint density at radius 3 is 0.556 bits per heavy atom. The van der Waals surface area contributed by atoms with Gasteiger partial charge in [-0.3, -0.25) is 0 Å². The first-order valence-corrected chi connectivity index (χ1v) is 9.28. The molecule has 0 aromatic heterocycles. The molecule has 0 bridgehead atoms. The largest absolute Gasteiger partial charge is 0.385 e. The molecule has 1 unspecified atom stereocenters. The van der Waals surface area contributed by atoms with Crippen LogP contribution in [0.25, 0.3) is 0 Å². The van der Waals surface area contributed by atoms with Crippen LogP contribution in [0.3, 0.4) is 0 Å². The predicted octanol–water partition coefficient (Wildman–Crippen LogP) is 10.1. The summed E-state index contributed by atoms with van der Waals surface area (Å²) < 4.78 is 379. The molecule has 0 heterocycles. The third-order valence-electron chi connectivity index (χ3n) is 5.23. The van der Waals surface area contributed by atoms with Crippen molar-refractivity contribution < 1.29 is 127 Å². The highest BCUT2D eigenvalue weighted by Crippen LogP contribution is 2.66. The van der Waals surface area contributed by atoms with Gasteiger partial charge in [-0.15, -0.1) is 0 Å². The van der Waals surface area contributed by atoms with Gasteiger partial charge in [0.15, 0.2) is 0 Å². The van der Waals surface area contributed by atoms with Crippen LogP contribution in [0.15, 0.2) is 0 Å². The van der Waals surface area contributed by atoms with Gasteiger partial charge in [-0.2, -0.15) is 105 Å². The summed E-state index contributed by atoms with van der Waals surface area (Å²) in [5.41, 5.74) is 0. The van der Waals surface area contributed by atoms with Gasteiger partial charge in [-0.05, 0) is 0 Å². The summed E-state index contributed by atoms with van der Waals surface area (Å²) in [4.78, 5) is 0. The van der Waals surface area contributed by atoms with E-state index >= 15 is 0 Å². The second-order valence-corrected chi connectivity index (χ2v) is 8.05. The molecule has 1 atom stereocenters. The first-order valence-electron chi connectivity index (χ1n) is 9.28. The first-order chi connectivity index (χ1) is 18.5. The summed E-state index contributed by atoms with van der Waals surface area (Å²) in [5, 5.41) is 0. The lowest BCUT2D eigenvalue weighted by molar-refractivity contribution is -0.464. The van der Waals surface area contributed by atoms with Gasteiger partial charge >= 0.3 is 83.9 Å². The molecule has 0 radical (unpaired) electrons. The summed E-state index contributed by atoms with van der Waals surface area (Å²) in [6.07, 6.45) is -20.5. The fourth-order valence-electron chi connectivity index (χ4n) is 2.45. The molecule has 0 aliphatic carbocycles. The lowest BCUT2D eigenvalue weighted by atomic mass is 9.84. The minimum absolute atomic E-state index is 0. The van der Waals surface area contributed by atoms with Gasteiger partial charge in [0.25, 0.3) is 0 Å². The maximum Gasteiger partial charge on any atom is 0.385 e. The summed E-state index contributed by atoms with van der Waals surface area (Å²) in [5.74, 6) is -108. The Morgan fingerprint density at radius 1 is 0.222 bits per heavy atom. The Bertz CT molecular complexity index is 1020. The van der Waals surface area contributed by atoms with Gasteiger partial charge in [0.05, 0.1) is 0 Å². The SMILES string of the molecule is C.FC(F)C(F)(F)C(F)(F)C(F)(F)C(F)(F)C(F)C(F)(F)C(F)(F)C(F)(F)C(F)(F)C(F)(F)C(F)(F)C(F)(F)C(F)(F)C(F)F. The van der Waals surface area contributed by atoms with Gasteiger partial charge < -0.3 is 0 Å². The van der Waals surface area contributed by atoms with Crippen molar-refractivity contribution >= 4 is 0 Å². The van der Waals surface area contributed by atoms with E-state index in [1.54, 1.807) is 0 Å². The van der Waals surface area contributed by atoms with Gasteiger partial charge in [0.2, 0.25) is 6.17 Å². The molecule has 0 saturated carbocycles. The average Bonchev–Trinajstić information content (AvgIpc) is 2.81. The molecule has 0 aromatic carbocycles. The normalized spacial score (nSPS) is 17.1. The molecule has 274 valence electrons. The third kappa shape index (κ3) is 5.35. The number of rotatable bonds is 14. The van der Waals surface area contributed by atoms with Crippen LogP contribution in [0.5, 0.6) is 0 Å². The molecule has 0 spiro atoms. The van der Waals surface area contributed by atoms with Crippen molar-refractivity contribution in [2.75, 3.05) is 0 Å². The average molecular weight is 750 g/mol. The molecule has 45 heavy (non-hydrogen) atoms. The lowest BCUT2D eigenvalue weighted by Gasteiger charge is -2.45. The number of hydrogen-bond acceptors (Lipinski definition) is 0. The zero-order valence-electron chi connectivity index (χ0n) is 18.7. The zero-order chi connectivity index (χ0) is 36.7. The quantitative estimate of drug-likeness (QED) is 0.155. The van der Waals surface area contributed by atoms with Crippen molar-refractivity contribution in [3.8, 4) is 0 Å². The Labute approximate surface area is 226 Å². The van der Waals surface area contributed by atoms with Crippen LogP contribution < -0.4 is 0 Å². The van der Waals surface area contributed by atoms with Crippen LogP contribution in [0.1, 0.15) is 7.43 Å². The molecule has 0 aliphatic heterocycles. The Morgan fingerprint density at radius 2 is 0.356 bits per heavy atom. The maximum absolute atomic E-state index is 13.6. The summed E-state index contributed by atoms with van der Waals surface area (Å²) >= 11 is 0. The minimum Gasteiger partial charge on any atom is -0.234 e. The monoisotopic (exact) mass is 750 g/mol. The minimum atomic E-state index is -9.65. The third-order valence-corrected chi connectivity index (χ3v) is 5.23. The molecule has 0 fully saturated rings. The Kier molecular flexibility index (Phi) is 11.3. The van der Waals surface area contributed by atoms with Crippen molar-refractivity contribution in [3.63, 3.8) is 0 Å². The van der Waals surface area contributed by atoms with Crippen molar-refractivity contribution in [1.82, 2.24) is 0 Å². The summed E-state index contributed by atoms with van der Waals surface area (Å²) in [6, 6.07) is 0. The number of hydrogen-bond donors (Lipinski definition) is 0. The van der Waals surface area contributed by atoms with Crippen molar-refractivity contribution in [2.24, 2.45) is 0 Å². The summed E-state index contributed by atoms with van der Waals surface area (Å²) in [6.45, 7) is 0. The van der Waals surface area contributed by atoms with E-state index in [-0.39, 0.29) is 7.43 Å². The van der Waals surface area contributed by atoms with E-state index in [0.29, 0.717) is 0 Å². The molecule has 0 saturated heterocycles. The standard InChI is InChI=1S/C15H3F29.CH4/c16-1(4(21,22)8(29,30)10(33,34)6(25,26)2(17)18)5(23,24)9(31,32)12(37,38)14(41,42)15(43,44)13(39,40)11(35,36)7(27,28)3(19)20;/h1-3H;1H4. The molecule has 0 rings (SSSR count). The molecule has 0 aromatic rings. The molecular weight excluding hydrogens is 743 g/mol. The molecule has 0 N–H and O–H groups in total. The topological polar surface area (TPSA) is 0 Å². The van der Waals surface area contributed by atoms with Crippen LogP contribution in [-0.2, 0) is 0 Å². The highest BCUT2D eigenvalue weighted by molar-refractivity contribution is 5.19. The van der Waals surface area contributed by atoms with Crippen LogP contribution in [0.4, 0.5) is 127 Å². The Hall–Kier alpha value is -2.03. The van der Waals surface area contributed by atoms with E-state index in [4.69, 9.17) is 0 Å². The number of alkyl halides is 29. The van der Waals surface area contributed by atoms with Gasteiger partial charge in [-0.1, -0.05) is 7.43 Å². The van der Waals surface area contributed by atoms with Crippen LogP contribution in [0, 0.1) is 0 Å². The van der Waals surface area contributed by atoms with Gasteiger partial charge in [0, 0.05) is 0 Å². The van der Waals surface area contributed by atoms with E-state index < -0.39 is 90.1 Å². The lowest BCUT2D eigenvalue weighted by Crippen LogP contribution is -2.77. The van der Waals surface area contributed by atoms with Crippen molar-refractivity contribution in [1.29, 1.82) is 0 Å². The van der Waals surface area contributed by atoms with Gasteiger partial charge in [-0.25, -0.2) is 22.0 Å².